The molecule has 0 fully saturated rings. The molecule has 1 atom stereocenters. The third kappa shape index (κ3) is 1.91. The second kappa shape index (κ2) is 4.34. The lowest BCUT2D eigenvalue weighted by Crippen LogP contribution is -2.01. The monoisotopic (exact) mass is 219 g/mol. The number of H-pyrrole nitrogens is 1. The average Bonchev–Trinajstić information content (AvgIpc) is 2.75. The summed E-state index contributed by atoms with van der Waals surface area (Å²) < 4.78 is 0. The van der Waals surface area contributed by atoms with Crippen LogP contribution in [0.3, 0.4) is 0 Å². The van der Waals surface area contributed by atoms with Crippen molar-refractivity contribution in [1.82, 2.24) is 10.2 Å². The van der Waals surface area contributed by atoms with Gasteiger partial charge in [-0.15, -0.1) is 0 Å². The summed E-state index contributed by atoms with van der Waals surface area (Å²) in [4.78, 5) is 0. The Balaban J connectivity index is 2.30. The number of hydrogen-bond acceptors (Lipinski definition) is 4. The normalized spacial score (nSPS) is 12.6. The van der Waals surface area contributed by atoms with Gasteiger partial charge in [0.1, 0.15) is 11.9 Å². The molecule has 5 N–H and O–H groups in total. The van der Waals surface area contributed by atoms with Crippen LogP contribution < -0.4 is 5.73 Å². The van der Waals surface area contributed by atoms with Gasteiger partial charge in [-0.2, -0.15) is 5.10 Å². The van der Waals surface area contributed by atoms with Gasteiger partial charge in [-0.1, -0.05) is 24.3 Å². The van der Waals surface area contributed by atoms with Crippen molar-refractivity contribution in [1.29, 1.82) is 0 Å². The number of nitrogens with one attached hydrogen (secondary N) is 1. The molecule has 2 rings (SSSR count). The van der Waals surface area contributed by atoms with Crippen molar-refractivity contribution in [2.45, 2.75) is 6.10 Å². The maximum atomic E-state index is 9.41. The summed E-state index contributed by atoms with van der Waals surface area (Å²) in [7, 11) is 0. The second-order valence-corrected chi connectivity index (χ2v) is 3.52. The molecule has 1 unspecified atom stereocenters. The predicted octanol–water partition coefficient (Wildman–Crippen LogP) is 0.685. The molecule has 16 heavy (non-hydrogen) atoms. The number of anilines is 1. The van der Waals surface area contributed by atoms with Gasteiger partial charge in [-0.05, 0) is 11.1 Å². The fourth-order valence-electron chi connectivity index (χ4n) is 1.52. The average molecular weight is 219 g/mol. The number of nitrogens with zero attached hydrogens (tertiary/aromatic N) is 1. The fraction of sp³-hybridized carbons (Fsp3) is 0.182. The smallest absolute Gasteiger partial charge is 0.126 e. The third-order valence-corrected chi connectivity index (χ3v) is 2.45. The minimum atomic E-state index is -0.837. The first kappa shape index (κ1) is 10.7. The van der Waals surface area contributed by atoms with E-state index < -0.39 is 6.10 Å². The van der Waals surface area contributed by atoms with Crippen molar-refractivity contribution in [2.24, 2.45) is 0 Å². The van der Waals surface area contributed by atoms with E-state index in [4.69, 9.17) is 10.8 Å². The highest BCUT2D eigenvalue weighted by atomic mass is 16.3. The Labute approximate surface area is 92.5 Å². The molecule has 0 saturated heterocycles. The fourth-order valence-corrected chi connectivity index (χ4v) is 1.52. The lowest BCUT2D eigenvalue weighted by atomic mass is 10.0. The summed E-state index contributed by atoms with van der Waals surface area (Å²) >= 11 is 0. The lowest BCUT2D eigenvalue weighted by Gasteiger charge is -2.07. The highest BCUT2D eigenvalue weighted by Gasteiger charge is 2.07. The molecular weight excluding hydrogens is 206 g/mol. The zero-order valence-corrected chi connectivity index (χ0v) is 8.59. The molecule has 0 spiro atoms. The first-order valence-corrected chi connectivity index (χ1v) is 4.90. The molecular formula is C11H13N3O2. The van der Waals surface area contributed by atoms with Gasteiger partial charge in [-0.25, -0.2) is 0 Å². The van der Waals surface area contributed by atoms with E-state index in [0.717, 1.165) is 11.1 Å². The summed E-state index contributed by atoms with van der Waals surface area (Å²) in [6.07, 6.45) is 0.808. The van der Waals surface area contributed by atoms with Crippen LogP contribution >= 0.6 is 0 Å². The van der Waals surface area contributed by atoms with E-state index in [9.17, 15) is 5.11 Å². The van der Waals surface area contributed by atoms with E-state index in [1.807, 2.05) is 12.1 Å². The number of benzene rings is 1. The van der Waals surface area contributed by atoms with E-state index in [0.29, 0.717) is 11.4 Å². The van der Waals surface area contributed by atoms with E-state index in [1.165, 1.54) is 0 Å². The number of hydrogen-bond donors (Lipinski definition) is 4. The lowest BCUT2D eigenvalue weighted by molar-refractivity contribution is 0.0956. The quantitative estimate of drug-likeness (QED) is 0.610. The van der Waals surface area contributed by atoms with Crippen molar-refractivity contribution >= 4 is 5.82 Å². The summed E-state index contributed by atoms with van der Waals surface area (Å²) in [6.45, 7) is -0.285. The molecule has 5 heteroatoms. The third-order valence-electron chi connectivity index (χ3n) is 2.45. The van der Waals surface area contributed by atoms with Gasteiger partial charge in [0.05, 0.1) is 12.8 Å². The molecule has 0 bridgehead atoms. The molecule has 1 heterocycles. The van der Waals surface area contributed by atoms with Crippen molar-refractivity contribution in [3.63, 3.8) is 0 Å². The molecule has 1 aromatic carbocycles. The molecule has 0 saturated carbocycles. The van der Waals surface area contributed by atoms with Gasteiger partial charge in [0.25, 0.3) is 0 Å². The Morgan fingerprint density at radius 3 is 2.50 bits per heavy atom. The van der Waals surface area contributed by atoms with E-state index in [2.05, 4.69) is 10.2 Å². The summed E-state index contributed by atoms with van der Waals surface area (Å²) in [5.74, 6) is 0.510. The van der Waals surface area contributed by atoms with E-state index >= 15 is 0 Å². The summed E-state index contributed by atoms with van der Waals surface area (Å²) in [5.41, 5.74) is 8.10. The summed E-state index contributed by atoms with van der Waals surface area (Å²) in [5, 5.41) is 24.7. The van der Waals surface area contributed by atoms with Crippen LogP contribution in [0, 0.1) is 0 Å². The van der Waals surface area contributed by atoms with Crippen LogP contribution in [0.15, 0.2) is 30.5 Å². The molecule has 5 nitrogen and oxygen atoms in total. The molecule has 0 radical (unpaired) electrons. The minimum Gasteiger partial charge on any atom is -0.393 e. The maximum Gasteiger partial charge on any atom is 0.126 e. The first-order valence-electron chi connectivity index (χ1n) is 4.90. The van der Waals surface area contributed by atoms with Crippen LogP contribution in [0.25, 0.3) is 11.1 Å². The Morgan fingerprint density at radius 1 is 1.31 bits per heavy atom. The van der Waals surface area contributed by atoms with Crippen LogP contribution in [-0.4, -0.2) is 27.0 Å². The number of aliphatic hydroxyl groups is 2. The van der Waals surface area contributed by atoms with Crippen LogP contribution in [0.1, 0.15) is 11.7 Å². The van der Waals surface area contributed by atoms with Crippen molar-refractivity contribution < 1.29 is 10.2 Å². The van der Waals surface area contributed by atoms with Crippen LogP contribution in [0.5, 0.6) is 0 Å². The highest BCUT2D eigenvalue weighted by molar-refractivity contribution is 5.73. The highest BCUT2D eigenvalue weighted by Crippen LogP contribution is 2.25. The predicted molar refractivity (Wildman–Crippen MR) is 60.5 cm³/mol. The van der Waals surface area contributed by atoms with Gasteiger partial charge < -0.3 is 15.9 Å². The molecule has 0 aliphatic rings. The topological polar surface area (TPSA) is 95.2 Å². The number of aliphatic hydroxyl groups excluding tert-OH is 2. The van der Waals surface area contributed by atoms with Crippen molar-refractivity contribution in [3.8, 4) is 11.1 Å². The summed E-state index contributed by atoms with van der Waals surface area (Å²) in [6, 6.07) is 7.16. The number of aromatic amines is 1. The number of rotatable bonds is 3. The standard InChI is InChI=1S/C11H13N3O2/c12-11-9(5-13-14-11)7-1-3-8(4-2-7)10(16)6-15/h1-5,10,15-16H,6H2,(H3,12,13,14). The minimum absolute atomic E-state index is 0.285. The zero-order chi connectivity index (χ0) is 11.5. The SMILES string of the molecule is Nc1[nH]ncc1-c1ccc(C(O)CO)cc1. The number of nitrogens with two attached hydrogens (primary N) is 1. The van der Waals surface area contributed by atoms with Gasteiger partial charge in [-0.3, -0.25) is 5.10 Å². The molecule has 0 aliphatic heterocycles. The van der Waals surface area contributed by atoms with Crippen LogP contribution in [0.4, 0.5) is 5.82 Å². The molecule has 0 aliphatic carbocycles. The zero-order valence-electron chi connectivity index (χ0n) is 8.59. The van der Waals surface area contributed by atoms with Crippen molar-refractivity contribution in [2.75, 3.05) is 12.3 Å². The van der Waals surface area contributed by atoms with Gasteiger partial charge >= 0.3 is 0 Å². The number of aromatic nitrogens is 2. The molecule has 84 valence electrons. The van der Waals surface area contributed by atoms with Gasteiger partial charge in [0, 0.05) is 5.56 Å². The van der Waals surface area contributed by atoms with Crippen LogP contribution in [0.2, 0.25) is 0 Å². The van der Waals surface area contributed by atoms with Crippen LogP contribution in [-0.2, 0) is 0 Å². The number of nitrogen functional groups attached to an aromatic ring is 1. The molecule has 1 aromatic heterocycles. The van der Waals surface area contributed by atoms with E-state index in [1.54, 1.807) is 18.3 Å². The largest absolute Gasteiger partial charge is 0.393 e. The molecule has 2 aromatic rings. The van der Waals surface area contributed by atoms with Gasteiger partial charge in [0.15, 0.2) is 0 Å². The van der Waals surface area contributed by atoms with Gasteiger partial charge in [0.2, 0.25) is 0 Å². The first-order chi connectivity index (χ1) is 7.72. The second-order valence-electron chi connectivity index (χ2n) is 3.52. The maximum absolute atomic E-state index is 9.41. The van der Waals surface area contributed by atoms with Crippen molar-refractivity contribution in [3.05, 3.63) is 36.0 Å². The Bertz CT molecular complexity index is 464. The van der Waals surface area contributed by atoms with E-state index in [-0.39, 0.29) is 6.61 Å². The Hall–Kier alpha value is -1.85. The Morgan fingerprint density at radius 2 is 2.00 bits per heavy atom. The Kier molecular flexibility index (Phi) is 2.89. The molecule has 0 amide bonds.